The van der Waals surface area contributed by atoms with Gasteiger partial charge in [-0.25, -0.2) is 0 Å². The highest BCUT2D eigenvalue weighted by atomic mass is 35.5. The number of halogens is 1. The van der Waals surface area contributed by atoms with Crippen LogP contribution in [-0.2, 0) is 4.79 Å². The largest absolute Gasteiger partial charge is 0.489 e. The molecule has 1 amide bonds. The fraction of sp³-hybridized carbons (Fsp3) is 0.222. The van der Waals surface area contributed by atoms with Gasteiger partial charge in [0.25, 0.3) is 0 Å². The Labute approximate surface area is 87.8 Å². The SMILES string of the molecule is Cl.NC1COc2ccccc2NC1=O. The van der Waals surface area contributed by atoms with Gasteiger partial charge in [-0.05, 0) is 12.1 Å². The number of benzene rings is 1. The highest BCUT2D eigenvalue weighted by molar-refractivity contribution is 5.96. The minimum atomic E-state index is -0.590. The van der Waals surface area contributed by atoms with Crippen LogP contribution in [0.2, 0.25) is 0 Å². The molecule has 0 aliphatic carbocycles. The molecule has 14 heavy (non-hydrogen) atoms. The average molecular weight is 215 g/mol. The number of hydrogen-bond donors (Lipinski definition) is 2. The van der Waals surface area contributed by atoms with Gasteiger partial charge in [0.15, 0.2) is 0 Å². The molecule has 0 radical (unpaired) electrons. The molecule has 1 heterocycles. The molecule has 0 aromatic heterocycles. The maximum Gasteiger partial charge on any atom is 0.244 e. The fourth-order valence-electron chi connectivity index (χ4n) is 1.18. The van der Waals surface area contributed by atoms with Crippen molar-refractivity contribution < 1.29 is 9.53 Å². The van der Waals surface area contributed by atoms with Crippen LogP contribution in [0.1, 0.15) is 0 Å². The first-order chi connectivity index (χ1) is 6.27. The summed E-state index contributed by atoms with van der Waals surface area (Å²) < 4.78 is 5.32. The predicted molar refractivity (Wildman–Crippen MR) is 55.8 cm³/mol. The highest BCUT2D eigenvalue weighted by Crippen LogP contribution is 2.25. The maximum atomic E-state index is 11.3. The van der Waals surface area contributed by atoms with Crippen molar-refractivity contribution in [3.05, 3.63) is 24.3 Å². The Hall–Kier alpha value is -1.26. The Morgan fingerprint density at radius 2 is 2.14 bits per heavy atom. The standard InChI is InChI=1S/C9H10N2O2.ClH/c10-6-5-13-8-4-2-1-3-7(8)11-9(6)12;/h1-4,6H,5,10H2,(H,11,12);1H. The summed E-state index contributed by atoms with van der Waals surface area (Å²) in [6.07, 6.45) is 0. The fourth-order valence-corrected chi connectivity index (χ4v) is 1.18. The van der Waals surface area contributed by atoms with Gasteiger partial charge in [-0.3, -0.25) is 4.79 Å². The number of nitrogens with two attached hydrogens (primary N) is 1. The van der Waals surface area contributed by atoms with Gasteiger partial charge in [-0.2, -0.15) is 0 Å². The molecule has 0 saturated carbocycles. The molecule has 1 unspecified atom stereocenters. The minimum absolute atomic E-state index is 0. The first-order valence-electron chi connectivity index (χ1n) is 4.05. The quantitative estimate of drug-likeness (QED) is 0.671. The van der Waals surface area contributed by atoms with E-state index in [9.17, 15) is 4.79 Å². The van der Waals surface area contributed by atoms with Crippen molar-refractivity contribution in [3.8, 4) is 5.75 Å². The van der Waals surface area contributed by atoms with E-state index < -0.39 is 6.04 Å². The number of rotatable bonds is 0. The van der Waals surface area contributed by atoms with Crippen LogP contribution in [0.5, 0.6) is 5.75 Å². The topological polar surface area (TPSA) is 64.3 Å². The summed E-state index contributed by atoms with van der Waals surface area (Å²) in [4.78, 5) is 11.3. The Morgan fingerprint density at radius 3 is 2.93 bits per heavy atom. The number of carbonyl (C=O) groups is 1. The van der Waals surface area contributed by atoms with Crippen LogP contribution in [0.15, 0.2) is 24.3 Å². The van der Waals surface area contributed by atoms with Gasteiger partial charge in [-0.15, -0.1) is 12.4 Å². The third kappa shape index (κ3) is 1.97. The summed E-state index contributed by atoms with van der Waals surface area (Å²) in [6, 6.07) is 6.67. The van der Waals surface area contributed by atoms with Gasteiger partial charge in [0.2, 0.25) is 5.91 Å². The third-order valence-electron chi connectivity index (χ3n) is 1.90. The van der Waals surface area contributed by atoms with Crippen molar-refractivity contribution in [2.24, 2.45) is 5.73 Å². The van der Waals surface area contributed by atoms with Crippen molar-refractivity contribution in [3.63, 3.8) is 0 Å². The Balaban J connectivity index is 0.000000980. The summed E-state index contributed by atoms with van der Waals surface area (Å²) in [7, 11) is 0. The lowest BCUT2D eigenvalue weighted by atomic mass is 10.3. The van der Waals surface area contributed by atoms with Gasteiger partial charge in [0.05, 0.1) is 5.69 Å². The van der Waals surface area contributed by atoms with Crippen LogP contribution in [0.3, 0.4) is 0 Å². The Morgan fingerprint density at radius 1 is 1.43 bits per heavy atom. The molecule has 4 nitrogen and oxygen atoms in total. The molecule has 1 atom stereocenters. The van der Waals surface area contributed by atoms with E-state index in [0.717, 1.165) is 0 Å². The number of amides is 1. The summed E-state index contributed by atoms with van der Waals surface area (Å²) in [6.45, 7) is 0.225. The number of anilines is 1. The zero-order valence-electron chi connectivity index (χ0n) is 7.40. The number of para-hydroxylation sites is 2. The molecular weight excluding hydrogens is 204 g/mol. The molecule has 76 valence electrons. The Bertz CT molecular complexity index is 343. The van der Waals surface area contributed by atoms with Crippen molar-refractivity contribution >= 4 is 24.0 Å². The van der Waals surface area contributed by atoms with E-state index in [-0.39, 0.29) is 24.9 Å². The normalized spacial score (nSPS) is 19.5. The lowest BCUT2D eigenvalue weighted by Crippen LogP contribution is -2.38. The van der Waals surface area contributed by atoms with Crippen LogP contribution in [0.4, 0.5) is 5.69 Å². The smallest absolute Gasteiger partial charge is 0.244 e. The first-order valence-corrected chi connectivity index (χ1v) is 4.05. The van der Waals surface area contributed by atoms with Gasteiger partial charge in [0, 0.05) is 0 Å². The van der Waals surface area contributed by atoms with E-state index in [1.165, 1.54) is 0 Å². The van der Waals surface area contributed by atoms with E-state index in [4.69, 9.17) is 10.5 Å². The van der Waals surface area contributed by atoms with Crippen LogP contribution >= 0.6 is 12.4 Å². The molecule has 0 spiro atoms. The van der Waals surface area contributed by atoms with Gasteiger partial charge in [0.1, 0.15) is 18.4 Å². The molecule has 2 rings (SSSR count). The van der Waals surface area contributed by atoms with E-state index in [2.05, 4.69) is 5.32 Å². The number of fused-ring (bicyclic) bond motifs is 1. The molecule has 0 saturated heterocycles. The van der Waals surface area contributed by atoms with E-state index in [1.54, 1.807) is 12.1 Å². The second-order valence-corrected chi connectivity index (χ2v) is 2.90. The molecule has 1 aromatic carbocycles. The Kier molecular flexibility index (Phi) is 3.33. The number of nitrogens with one attached hydrogen (secondary N) is 1. The highest BCUT2D eigenvalue weighted by Gasteiger charge is 2.20. The van der Waals surface area contributed by atoms with Crippen LogP contribution < -0.4 is 15.8 Å². The summed E-state index contributed by atoms with van der Waals surface area (Å²) in [5.74, 6) is 0.466. The van der Waals surface area contributed by atoms with E-state index in [1.807, 2.05) is 12.1 Å². The number of carbonyl (C=O) groups excluding carboxylic acids is 1. The molecule has 0 fully saturated rings. The minimum Gasteiger partial charge on any atom is -0.489 e. The van der Waals surface area contributed by atoms with Gasteiger partial charge < -0.3 is 15.8 Å². The van der Waals surface area contributed by atoms with Crippen LogP contribution in [-0.4, -0.2) is 18.6 Å². The van der Waals surface area contributed by atoms with Gasteiger partial charge >= 0.3 is 0 Å². The van der Waals surface area contributed by atoms with Crippen LogP contribution in [0.25, 0.3) is 0 Å². The molecule has 5 heteroatoms. The summed E-state index contributed by atoms with van der Waals surface area (Å²) in [5, 5.41) is 2.68. The second kappa shape index (κ2) is 4.30. The number of ether oxygens (including phenoxy) is 1. The monoisotopic (exact) mass is 214 g/mol. The summed E-state index contributed by atoms with van der Waals surface area (Å²) in [5.41, 5.74) is 6.20. The predicted octanol–water partition coefficient (Wildman–Crippen LogP) is 0.767. The molecule has 0 bridgehead atoms. The maximum absolute atomic E-state index is 11.3. The molecular formula is C9H11ClN2O2. The molecule has 1 aliphatic heterocycles. The lowest BCUT2D eigenvalue weighted by molar-refractivity contribution is -0.117. The van der Waals surface area contributed by atoms with Crippen LogP contribution in [0, 0.1) is 0 Å². The van der Waals surface area contributed by atoms with E-state index in [0.29, 0.717) is 11.4 Å². The average Bonchev–Trinajstić information content (AvgIpc) is 2.28. The summed E-state index contributed by atoms with van der Waals surface area (Å²) >= 11 is 0. The van der Waals surface area contributed by atoms with E-state index >= 15 is 0 Å². The van der Waals surface area contributed by atoms with Crippen molar-refractivity contribution in [2.75, 3.05) is 11.9 Å². The van der Waals surface area contributed by atoms with Crippen molar-refractivity contribution in [1.82, 2.24) is 0 Å². The second-order valence-electron chi connectivity index (χ2n) is 2.90. The van der Waals surface area contributed by atoms with Crippen molar-refractivity contribution in [2.45, 2.75) is 6.04 Å². The zero-order valence-corrected chi connectivity index (χ0v) is 8.21. The third-order valence-corrected chi connectivity index (χ3v) is 1.90. The molecule has 3 N–H and O–H groups in total. The first kappa shape index (κ1) is 10.8. The van der Waals surface area contributed by atoms with Gasteiger partial charge in [-0.1, -0.05) is 12.1 Å². The zero-order chi connectivity index (χ0) is 9.26. The molecule has 1 aliphatic rings. The molecule has 1 aromatic rings. The lowest BCUT2D eigenvalue weighted by Gasteiger charge is -2.04. The van der Waals surface area contributed by atoms with Crippen molar-refractivity contribution in [1.29, 1.82) is 0 Å². The number of hydrogen-bond acceptors (Lipinski definition) is 3.